The van der Waals surface area contributed by atoms with Gasteiger partial charge in [0.25, 0.3) is 0 Å². The molecule has 1 heterocycles. The molecule has 0 radical (unpaired) electrons. The lowest BCUT2D eigenvalue weighted by Gasteiger charge is -2.21. The van der Waals surface area contributed by atoms with E-state index >= 15 is 0 Å². The van der Waals surface area contributed by atoms with Crippen molar-refractivity contribution < 1.29 is 14.3 Å². The first-order valence-corrected chi connectivity index (χ1v) is 9.52. The summed E-state index contributed by atoms with van der Waals surface area (Å²) in [5, 5.41) is 6.39. The fourth-order valence-electron chi connectivity index (χ4n) is 2.56. The SMILES string of the molecule is CCNC(=NCc1ccc(OC)c(C(=O)OC)c1)N(C)Cc1csc(C)n1.I. The number of nitrogens with zero attached hydrogens (tertiary/aromatic N) is 3. The van der Waals surface area contributed by atoms with E-state index in [1.165, 1.54) is 14.2 Å². The molecule has 1 aromatic carbocycles. The molecule has 2 aromatic rings. The number of nitrogens with one attached hydrogen (secondary N) is 1. The molecule has 1 N–H and O–H groups in total. The number of aryl methyl sites for hydroxylation is 1. The number of esters is 1. The van der Waals surface area contributed by atoms with Crippen molar-refractivity contribution in [3.63, 3.8) is 0 Å². The van der Waals surface area contributed by atoms with Crippen LogP contribution in [0, 0.1) is 6.92 Å². The van der Waals surface area contributed by atoms with Crippen LogP contribution in [0.4, 0.5) is 0 Å². The van der Waals surface area contributed by atoms with Crippen LogP contribution in [0.1, 0.15) is 33.5 Å². The maximum Gasteiger partial charge on any atom is 0.341 e. The van der Waals surface area contributed by atoms with Crippen molar-refractivity contribution in [1.82, 2.24) is 15.2 Å². The largest absolute Gasteiger partial charge is 0.496 e. The third-order valence-electron chi connectivity index (χ3n) is 3.84. The van der Waals surface area contributed by atoms with Crippen LogP contribution >= 0.6 is 35.3 Å². The summed E-state index contributed by atoms with van der Waals surface area (Å²) in [6.07, 6.45) is 0. The summed E-state index contributed by atoms with van der Waals surface area (Å²) >= 11 is 1.64. The molecule has 154 valence electrons. The molecule has 0 atom stereocenters. The zero-order chi connectivity index (χ0) is 19.8. The molecule has 2 rings (SSSR count). The van der Waals surface area contributed by atoms with Crippen LogP contribution < -0.4 is 10.1 Å². The number of guanidine groups is 1. The Labute approximate surface area is 187 Å². The summed E-state index contributed by atoms with van der Waals surface area (Å²) in [4.78, 5) is 23.1. The normalized spacial score (nSPS) is 10.8. The van der Waals surface area contributed by atoms with Crippen molar-refractivity contribution in [2.24, 2.45) is 4.99 Å². The van der Waals surface area contributed by atoms with Crippen LogP contribution in [-0.4, -0.2) is 49.6 Å². The zero-order valence-corrected chi connectivity index (χ0v) is 20.0. The number of ether oxygens (including phenoxy) is 2. The lowest BCUT2D eigenvalue weighted by Crippen LogP contribution is -2.38. The summed E-state index contributed by atoms with van der Waals surface area (Å²) in [6.45, 7) is 5.88. The molecule has 9 heteroatoms. The third-order valence-corrected chi connectivity index (χ3v) is 4.67. The van der Waals surface area contributed by atoms with E-state index < -0.39 is 5.97 Å². The second-order valence-electron chi connectivity index (χ2n) is 5.91. The molecule has 0 aliphatic rings. The maximum absolute atomic E-state index is 11.9. The van der Waals surface area contributed by atoms with Crippen LogP contribution in [0.2, 0.25) is 0 Å². The summed E-state index contributed by atoms with van der Waals surface area (Å²) < 4.78 is 10.1. The molecule has 1 aromatic heterocycles. The predicted octanol–water partition coefficient (Wildman–Crippen LogP) is 3.46. The number of halogens is 1. The Morgan fingerprint density at radius 3 is 2.68 bits per heavy atom. The second-order valence-corrected chi connectivity index (χ2v) is 6.97. The number of carbonyl (C=O) groups is 1. The van der Waals surface area contributed by atoms with E-state index in [1.807, 2.05) is 31.9 Å². The smallest absolute Gasteiger partial charge is 0.341 e. The highest BCUT2D eigenvalue weighted by Gasteiger charge is 2.14. The van der Waals surface area contributed by atoms with Gasteiger partial charge in [-0.05, 0) is 31.5 Å². The highest BCUT2D eigenvalue weighted by molar-refractivity contribution is 14.0. The van der Waals surface area contributed by atoms with Crippen molar-refractivity contribution in [2.75, 3.05) is 27.8 Å². The van der Waals surface area contributed by atoms with Crippen LogP contribution in [0.5, 0.6) is 5.75 Å². The lowest BCUT2D eigenvalue weighted by atomic mass is 10.1. The van der Waals surface area contributed by atoms with Gasteiger partial charge in [-0.2, -0.15) is 0 Å². The first-order valence-electron chi connectivity index (χ1n) is 8.64. The van der Waals surface area contributed by atoms with Crippen LogP contribution in [0.15, 0.2) is 28.6 Å². The van der Waals surface area contributed by atoms with Crippen molar-refractivity contribution in [2.45, 2.75) is 26.9 Å². The highest BCUT2D eigenvalue weighted by Crippen LogP contribution is 2.21. The Balaban J connectivity index is 0.00000392. The van der Waals surface area contributed by atoms with Gasteiger partial charge in [-0.25, -0.2) is 14.8 Å². The van der Waals surface area contributed by atoms with Crippen molar-refractivity contribution in [3.05, 3.63) is 45.4 Å². The highest BCUT2D eigenvalue weighted by atomic mass is 127. The fraction of sp³-hybridized carbons (Fsp3) is 0.421. The number of benzene rings is 1. The van der Waals surface area contributed by atoms with E-state index in [0.29, 0.717) is 24.4 Å². The number of rotatable bonds is 7. The number of hydrogen-bond acceptors (Lipinski definition) is 6. The van der Waals surface area contributed by atoms with Gasteiger partial charge in [-0.15, -0.1) is 35.3 Å². The molecule has 0 saturated carbocycles. The number of aliphatic imine (C=N–C) groups is 1. The van der Waals surface area contributed by atoms with Gasteiger partial charge in [0.05, 0.1) is 38.0 Å². The monoisotopic (exact) mass is 518 g/mol. The van der Waals surface area contributed by atoms with Crippen LogP contribution in [0.3, 0.4) is 0 Å². The van der Waals surface area contributed by atoms with Gasteiger partial charge in [0.1, 0.15) is 11.3 Å². The third kappa shape index (κ3) is 6.62. The molecule has 0 unspecified atom stereocenters. The predicted molar refractivity (Wildman–Crippen MR) is 123 cm³/mol. The molecule has 7 nitrogen and oxygen atoms in total. The van der Waals surface area contributed by atoms with Crippen molar-refractivity contribution in [3.8, 4) is 5.75 Å². The van der Waals surface area contributed by atoms with E-state index in [1.54, 1.807) is 23.5 Å². The van der Waals surface area contributed by atoms with Gasteiger partial charge in [0.15, 0.2) is 5.96 Å². The van der Waals surface area contributed by atoms with Crippen molar-refractivity contribution >= 4 is 47.2 Å². The fourth-order valence-corrected chi connectivity index (χ4v) is 3.16. The molecule has 0 saturated heterocycles. The Bertz CT molecular complexity index is 810. The number of aromatic nitrogens is 1. The number of hydrogen-bond donors (Lipinski definition) is 1. The average molecular weight is 518 g/mol. The number of thiazole rings is 1. The first-order chi connectivity index (χ1) is 13.0. The Morgan fingerprint density at radius 2 is 2.11 bits per heavy atom. The zero-order valence-electron chi connectivity index (χ0n) is 16.8. The van der Waals surface area contributed by atoms with Gasteiger partial charge in [-0.3, -0.25) is 0 Å². The summed E-state index contributed by atoms with van der Waals surface area (Å²) in [5.41, 5.74) is 2.30. The van der Waals surface area contributed by atoms with Gasteiger partial charge in [0.2, 0.25) is 0 Å². The van der Waals surface area contributed by atoms with E-state index in [4.69, 9.17) is 9.47 Å². The molecule has 0 aliphatic heterocycles. The van der Waals surface area contributed by atoms with Gasteiger partial charge in [0, 0.05) is 19.0 Å². The summed E-state index contributed by atoms with van der Waals surface area (Å²) in [7, 11) is 4.85. The molecule has 0 fully saturated rings. The molecule has 28 heavy (non-hydrogen) atoms. The van der Waals surface area contributed by atoms with Gasteiger partial charge >= 0.3 is 5.97 Å². The van der Waals surface area contributed by atoms with Crippen LogP contribution in [-0.2, 0) is 17.8 Å². The van der Waals surface area contributed by atoms with E-state index in [2.05, 4.69) is 20.7 Å². The molecular weight excluding hydrogens is 491 g/mol. The number of methoxy groups -OCH3 is 2. The van der Waals surface area contributed by atoms with Crippen LogP contribution in [0.25, 0.3) is 0 Å². The van der Waals surface area contributed by atoms with Gasteiger partial charge in [-0.1, -0.05) is 6.07 Å². The Morgan fingerprint density at radius 1 is 1.36 bits per heavy atom. The molecular formula is C19H27IN4O3S. The van der Waals surface area contributed by atoms with E-state index in [9.17, 15) is 4.79 Å². The molecule has 0 aliphatic carbocycles. The quantitative estimate of drug-likeness (QED) is 0.262. The lowest BCUT2D eigenvalue weighted by molar-refractivity contribution is 0.0597. The summed E-state index contributed by atoms with van der Waals surface area (Å²) in [6, 6.07) is 5.40. The van der Waals surface area contributed by atoms with E-state index in [-0.39, 0.29) is 24.0 Å². The second kappa shape index (κ2) is 11.8. The minimum Gasteiger partial charge on any atom is -0.496 e. The maximum atomic E-state index is 11.9. The topological polar surface area (TPSA) is 76.1 Å². The number of carbonyl (C=O) groups excluding carboxylic acids is 1. The minimum atomic E-state index is -0.430. The Kier molecular flexibility index (Phi) is 10.2. The molecule has 0 bridgehead atoms. The molecule has 0 amide bonds. The average Bonchev–Trinajstić information content (AvgIpc) is 3.08. The Hall–Kier alpha value is -1.88. The minimum absolute atomic E-state index is 0. The van der Waals surface area contributed by atoms with E-state index in [0.717, 1.165) is 28.8 Å². The standard InChI is InChI=1S/C19H26N4O3S.HI/c1-6-20-19(23(3)11-15-12-27-13(2)22-15)21-10-14-7-8-17(25-4)16(9-14)18(24)26-5;/h7-9,12H,6,10-11H2,1-5H3,(H,20,21);1H. The molecule has 0 spiro atoms. The summed E-state index contributed by atoms with van der Waals surface area (Å²) in [5.74, 6) is 0.830. The first kappa shape index (κ1) is 24.2. The van der Waals surface area contributed by atoms with Gasteiger partial charge < -0.3 is 19.7 Å². The van der Waals surface area contributed by atoms with Crippen molar-refractivity contribution in [1.29, 1.82) is 0 Å².